The van der Waals surface area contributed by atoms with Crippen LogP contribution in [-0.4, -0.2) is 22.8 Å². The minimum Gasteiger partial charge on any atom is -0.273 e. The van der Waals surface area contributed by atoms with E-state index in [4.69, 9.17) is 4.84 Å². The number of hydroxylamine groups is 1. The third-order valence-corrected chi connectivity index (χ3v) is 5.84. The summed E-state index contributed by atoms with van der Waals surface area (Å²) in [7, 11) is 0. The average molecular weight is 429 g/mol. The predicted octanol–water partition coefficient (Wildman–Crippen LogP) is 3.95. The van der Waals surface area contributed by atoms with E-state index in [1.54, 1.807) is 36.4 Å². The van der Waals surface area contributed by atoms with Gasteiger partial charge in [0, 0.05) is 12.1 Å². The maximum Gasteiger partial charge on any atom is 0.271 e. The summed E-state index contributed by atoms with van der Waals surface area (Å²) in [4.78, 5) is 44.7. The summed E-state index contributed by atoms with van der Waals surface area (Å²) >= 11 is 0. The molecule has 0 bridgehead atoms. The molecule has 0 N–H and O–H groups in total. The Morgan fingerprint density at radius 2 is 1.56 bits per heavy atom. The molecular weight excluding hydrogens is 410 g/mol. The van der Waals surface area contributed by atoms with Crippen LogP contribution in [0.3, 0.4) is 0 Å². The van der Waals surface area contributed by atoms with E-state index in [1.807, 2.05) is 37.3 Å². The van der Waals surface area contributed by atoms with Gasteiger partial charge in [0.2, 0.25) is 5.91 Å². The number of non-ortho nitro benzene ring substituents is 1. The van der Waals surface area contributed by atoms with Crippen LogP contribution in [0, 0.1) is 23.0 Å². The number of rotatable bonds is 4. The van der Waals surface area contributed by atoms with Crippen molar-refractivity contribution >= 4 is 28.9 Å². The maximum atomic E-state index is 13.5. The highest BCUT2D eigenvalue weighted by Crippen LogP contribution is 2.47. The first-order chi connectivity index (χ1) is 15.5. The van der Waals surface area contributed by atoms with E-state index >= 15 is 0 Å². The van der Waals surface area contributed by atoms with Crippen molar-refractivity contribution in [1.29, 1.82) is 0 Å². The van der Waals surface area contributed by atoms with Gasteiger partial charge in [-0.05, 0) is 30.7 Å². The van der Waals surface area contributed by atoms with E-state index in [1.165, 1.54) is 22.1 Å². The molecule has 2 aliphatic rings. The number of carbonyl (C=O) groups is 2. The number of fused-ring (bicyclic) bond motifs is 1. The van der Waals surface area contributed by atoms with Gasteiger partial charge in [-0.1, -0.05) is 54.1 Å². The summed E-state index contributed by atoms with van der Waals surface area (Å²) in [5, 5.41) is 12.8. The minimum absolute atomic E-state index is 0.102. The van der Waals surface area contributed by atoms with Crippen molar-refractivity contribution in [1.82, 2.24) is 0 Å². The second-order valence-corrected chi connectivity index (χ2v) is 7.86. The molecule has 2 saturated heterocycles. The van der Waals surface area contributed by atoms with E-state index in [0.29, 0.717) is 11.4 Å². The average Bonchev–Trinajstić information content (AvgIpc) is 3.31. The lowest BCUT2D eigenvalue weighted by Gasteiger charge is -2.28. The first kappa shape index (κ1) is 19.9. The lowest BCUT2D eigenvalue weighted by molar-refractivity contribution is -0.384. The van der Waals surface area contributed by atoms with Crippen molar-refractivity contribution in [3.63, 3.8) is 0 Å². The minimum atomic E-state index is -1.02. The van der Waals surface area contributed by atoms with Gasteiger partial charge in [0.1, 0.15) is 5.92 Å². The van der Waals surface area contributed by atoms with Crippen molar-refractivity contribution in [2.24, 2.45) is 5.92 Å². The number of amides is 2. The van der Waals surface area contributed by atoms with Gasteiger partial charge in [0.25, 0.3) is 11.6 Å². The third-order valence-electron chi connectivity index (χ3n) is 5.84. The van der Waals surface area contributed by atoms with Crippen LogP contribution in [0.5, 0.6) is 0 Å². The third kappa shape index (κ3) is 3.12. The SMILES string of the molecule is Cc1ccc([C@@H]2[C@H]3C(=O)N(c4ccccc4)C(=O)[C@H]3ON2c2cccc([N+](=O)[O-])c2)cc1. The molecule has 2 aliphatic heterocycles. The van der Waals surface area contributed by atoms with Gasteiger partial charge in [-0.3, -0.25) is 24.5 Å². The normalized spacial score (nSPS) is 22.3. The van der Waals surface area contributed by atoms with Gasteiger partial charge in [-0.15, -0.1) is 0 Å². The number of aryl methyl sites for hydroxylation is 1. The van der Waals surface area contributed by atoms with Crippen molar-refractivity contribution in [2.75, 3.05) is 9.96 Å². The van der Waals surface area contributed by atoms with Crippen LogP contribution in [0.4, 0.5) is 17.1 Å². The van der Waals surface area contributed by atoms with Crippen LogP contribution >= 0.6 is 0 Å². The molecule has 32 heavy (non-hydrogen) atoms. The summed E-state index contributed by atoms with van der Waals surface area (Å²) in [6.07, 6.45) is -1.02. The first-order valence-corrected chi connectivity index (χ1v) is 10.2. The number of anilines is 2. The Hall–Kier alpha value is -4.04. The van der Waals surface area contributed by atoms with E-state index < -0.39 is 28.9 Å². The number of para-hydroxylation sites is 1. The predicted molar refractivity (Wildman–Crippen MR) is 117 cm³/mol. The molecule has 160 valence electrons. The molecule has 0 aliphatic carbocycles. The molecule has 2 heterocycles. The first-order valence-electron chi connectivity index (χ1n) is 10.2. The molecule has 0 saturated carbocycles. The van der Waals surface area contributed by atoms with Crippen LogP contribution in [0.1, 0.15) is 17.2 Å². The molecular formula is C24H19N3O5. The van der Waals surface area contributed by atoms with Crippen LogP contribution in [0.15, 0.2) is 78.9 Å². The number of benzene rings is 3. The van der Waals surface area contributed by atoms with Gasteiger partial charge in [-0.2, -0.15) is 0 Å². The Kier molecular flexibility index (Phi) is 4.71. The lowest BCUT2D eigenvalue weighted by Crippen LogP contribution is -2.37. The molecule has 3 atom stereocenters. The topological polar surface area (TPSA) is 93.0 Å². The summed E-state index contributed by atoms with van der Waals surface area (Å²) in [5.41, 5.74) is 2.63. The summed E-state index contributed by atoms with van der Waals surface area (Å²) in [6, 6.07) is 21.7. The largest absolute Gasteiger partial charge is 0.273 e. The van der Waals surface area contributed by atoms with Crippen LogP contribution < -0.4 is 9.96 Å². The molecule has 0 spiro atoms. The number of nitro benzene ring substituents is 1. The van der Waals surface area contributed by atoms with Crippen LogP contribution in [0.2, 0.25) is 0 Å². The van der Waals surface area contributed by atoms with Crippen molar-refractivity contribution < 1.29 is 19.3 Å². The molecule has 3 aromatic carbocycles. The summed E-state index contributed by atoms with van der Waals surface area (Å²) < 4.78 is 0. The fourth-order valence-electron chi connectivity index (χ4n) is 4.32. The monoisotopic (exact) mass is 429 g/mol. The highest BCUT2D eigenvalue weighted by Gasteiger charge is 2.60. The molecule has 3 aromatic rings. The standard InChI is InChI=1S/C24H19N3O5/c1-15-10-12-16(13-11-15)21-20-22(24(29)25(23(20)28)17-6-3-2-4-7-17)32-26(21)18-8-5-9-19(14-18)27(30)31/h2-14,20-22H,1H3/t20-,21-,22+/m1/s1. The molecule has 0 radical (unpaired) electrons. The molecule has 8 nitrogen and oxygen atoms in total. The van der Waals surface area contributed by atoms with Gasteiger partial charge in [-0.25, -0.2) is 9.96 Å². The van der Waals surface area contributed by atoms with Gasteiger partial charge in [0.15, 0.2) is 6.10 Å². The fourth-order valence-corrected chi connectivity index (χ4v) is 4.32. The lowest BCUT2D eigenvalue weighted by atomic mass is 9.90. The van der Waals surface area contributed by atoms with Crippen molar-refractivity contribution in [3.8, 4) is 0 Å². The van der Waals surface area contributed by atoms with Crippen molar-refractivity contribution in [3.05, 3.63) is 100 Å². The highest BCUT2D eigenvalue weighted by atomic mass is 16.7. The summed E-state index contributed by atoms with van der Waals surface area (Å²) in [5.74, 6) is -1.59. The van der Waals surface area contributed by atoms with E-state index in [-0.39, 0.29) is 11.6 Å². The zero-order chi connectivity index (χ0) is 22.4. The molecule has 2 fully saturated rings. The highest BCUT2D eigenvalue weighted by molar-refractivity contribution is 6.23. The Morgan fingerprint density at radius 3 is 2.25 bits per heavy atom. The second kappa shape index (κ2) is 7.58. The van der Waals surface area contributed by atoms with Gasteiger partial charge >= 0.3 is 0 Å². The quantitative estimate of drug-likeness (QED) is 0.354. The van der Waals surface area contributed by atoms with Gasteiger partial charge in [0.05, 0.1) is 22.3 Å². The molecule has 8 heteroatoms. The van der Waals surface area contributed by atoms with Gasteiger partial charge < -0.3 is 0 Å². The number of carbonyl (C=O) groups excluding carboxylic acids is 2. The smallest absolute Gasteiger partial charge is 0.271 e. The Bertz CT molecular complexity index is 1210. The number of hydrogen-bond donors (Lipinski definition) is 0. The Balaban J connectivity index is 1.60. The molecule has 5 rings (SSSR count). The Labute approximate surface area is 183 Å². The van der Waals surface area contributed by atoms with E-state index in [2.05, 4.69) is 0 Å². The maximum absolute atomic E-state index is 13.5. The van der Waals surface area contributed by atoms with Crippen LogP contribution in [0.25, 0.3) is 0 Å². The number of imide groups is 1. The number of nitro groups is 1. The molecule has 0 unspecified atom stereocenters. The second-order valence-electron chi connectivity index (χ2n) is 7.86. The van der Waals surface area contributed by atoms with Crippen molar-refractivity contribution in [2.45, 2.75) is 19.1 Å². The zero-order valence-electron chi connectivity index (χ0n) is 17.1. The van der Waals surface area contributed by atoms with E-state index in [0.717, 1.165) is 11.1 Å². The fraction of sp³-hybridized carbons (Fsp3) is 0.167. The number of nitrogens with zero attached hydrogens (tertiary/aromatic N) is 3. The summed E-state index contributed by atoms with van der Waals surface area (Å²) in [6.45, 7) is 1.96. The molecule has 0 aromatic heterocycles. The van der Waals surface area contributed by atoms with Crippen LogP contribution in [-0.2, 0) is 14.4 Å². The Morgan fingerprint density at radius 1 is 0.875 bits per heavy atom. The molecule has 2 amide bonds. The van der Waals surface area contributed by atoms with E-state index in [9.17, 15) is 19.7 Å². The zero-order valence-corrected chi connectivity index (χ0v) is 17.1. The number of hydrogen-bond acceptors (Lipinski definition) is 6.